The van der Waals surface area contributed by atoms with Gasteiger partial charge in [-0.25, -0.2) is 9.07 Å². The molecular formula is C23H20FN5O3. The molecule has 4 rings (SSSR count). The van der Waals surface area contributed by atoms with Crippen molar-refractivity contribution in [2.45, 2.75) is 19.4 Å². The predicted molar refractivity (Wildman–Crippen MR) is 114 cm³/mol. The van der Waals surface area contributed by atoms with Gasteiger partial charge in [0, 0.05) is 18.2 Å². The first-order valence-electron chi connectivity index (χ1n) is 9.99. The molecule has 8 nitrogen and oxygen atoms in total. The number of hydrogen-bond acceptors (Lipinski definition) is 6. The fourth-order valence-electron chi connectivity index (χ4n) is 3.10. The van der Waals surface area contributed by atoms with Gasteiger partial charge in [-0.05, 0) is 41.8 Å². The lowest BCUT2D eigenvalue weighted by molar-refractivity contribution is 0.0907. The normalized spacial score (nSPS) is 11.8. The van der Waals surface area contributed by atoms with E-state index in [2.05, 4.69) is 20.6 Å². The number of nitrogens with zero attached hydrogens (tertiary/aromatic N) is 4. The van der Waals surface area contributed by atoms with Crippen molar-refractivity contribution >= 4 is 5.91 Å². The summed E-state index contributed by atoms with van der Waals surface area (Å²) in [4.78, 5) is 28.6. The third-order valence-electron chi connectivity index (χ3n) is 4.90. The van der Waals surface area contributed by atoms with Gasteiger partial charge in [-0.15, -0.1) is 0 Å². The lowest BCUT2D eigenvalue weighted by Crippen LogP contribution is -2.28. The van der Waals surface area contributed by atoms with E-state index in [0.29, 0.717) is 17.8 Å². The molecule has 1 N–H and O–H groups in total. The molecular weight excluding hydrogens is 413 g/mol. The van der Waals surface area contributed by atoms with Gasteiger partial charge in [0.25, 0.3) is 5.56 Å². The molecule has 1 atom stereocenters. The molecule has 0 radical (unpaired) electrons. The van der Waals surface area contributed by atoms with Crippen LogP contribution in [0.2, 0.25) is 0 Å². The van der Waals surface area contributed by atoms with E-state index in [1.165, 1.54) is 18.2 Å². The summed E-state index contributed by atoms with van der Waals surface area (Å²) >= 11 is 0. The van der Waals surface area contributed by atoms with Crippen molar-refractivity contribution in [3.05, 3.63) is 100 Å². The van der Waals surface area contributed by atoms with Crippen molar-refractivity contribution in [1.82, 2.24) is 25.2 Å². The molecule has 0 bridgehead atoms. The summed E-state index contributed by atoms with van der Waals surface area (Å²) in [7, 11) is 0. The molecule has 0 saturated heterocycles. The maximum absolute atomic E-state index is 13.2. The van der Waals surface area contributed by atoms with Gasteiger partial charge in [0.2, 0.25) is 0 Å². The number of benzene rings is 2. The lowest BCUT2D eigenvalue weighted by Gasteiger charge is -2.11. The zero-order valence-corrected chi connectivity index (χ0v) is 17.2. The molecule has 2 aromatic heterocycles. The third kappa shape index (κ3) is 4.94. The van der Waals surface area contributed by atoms with Gasteiger partial charge < -0.3 is 9.84 Å². The zero-order valence-electron chi connectivity index (χ0n) is 17.2. The Bertz CT molecular complexity index is 1270. The molecule has 0 aliphatic rings. The Balaban J connectivity index is 1.42. The van der Waals surface area contributed by atoms with Crippen LogP contribution in [-0.4, -0.2) is 32.4 Å². The van der Waals surface area contributed by atoms with E-state index in [1.807, 2.05) is 37.3 Å². The zero-order chi connectivity index (χ0) is 22.5. The Morgan fingerprint density at radius 1 is 1.09 bits per heavy atom. The third-order valence-corrected chi connectivity index (χ3v) is 4.90. The quantitative estimate of drug-likeness (QED) is 0.481. The second-order valence-electron chi connectivity index (χ2n) is 7.26. The molecule has 0 aliphatic carbocycles. The topological polar surface area (TPSA) is 103 Å². The summed E-state index contributed by atoms with van der Waals surface area (Å²) < 4.78 is 19.4. The highest BCUT2D eigenvalue weighted by Crippen LogP contribution is 2.16. The summed E-state index contributed by atoms with van der Waals surface area (Å²) in [6.45, 7) is 2.33. The van der Waals surface area contributed by atoms with Crippen LogP contribution in [0.15, 0.2) is 76.0 Å². The number of carbonyl (C=O) groups is 1. The minimum atomic E-state index is -0.494. The van der Waals surface area contributed by atoms with Crippen LogP contribution in [0.5, 0.6) is 0 Å². The van der Waals surface area contributed by atoms with Crippen molar-refractivity contribution in [2.75, 3.05) is 6.54 Å². The SMILES string of the molecule is CC(CNC(=O)c1nc(Cn2nc(-c3ccc(F)cc3)ccc2=O)no1)c1ccccc1. The molecule has 4 aromatic rings. The van der Waals surface area contributed by atoms with Gasteiger partial charge in [-0.3, -0.25) is 9.59 Å². The highest BCUT2D eigenvalue weighted by molar-refractivity contribution is 5.89. The summed E-state index contributed by atoms with van der Waals surface area (Å²) in [5, 5.41) is 10.8. The van der Waals surface area contributed by atoms with Crippen LogP contribution in [0.3, 0.4) is 0 Å². The van der Waals surface area contributed by atoms with Crippen LogP contribution < -0.4 is 10.9 Å². The number of nitrogens with one attached hydrogen (secondary N) is 1. The van der Waals surface area contributed by atoms with Crippen LogP contribution in [0, 0.1) is 5.82 Å². The van der Waals surface area contributed by atoms with E-state index in [-0.39, 0.29) is 35.6 Å². The van der Waals surface area contributed by atoms with Crippen molar-refractivity contribution in [1.29, 1.82) is 0 Å². The van der Waals surface area contributed by atoms with Gasteiger partial charge in [-0.2, -0.15) is 10.1 Å². The lowest BCUT2D eigenvalue weighted by atomic mass is 10.0. The number of hydrogen-bond donors (Lipinski definition) is 1. The maximum Gasteiger partial charge on any atom is 0.316 e. The predicted octanol–water partition coefficient (Wildman–Crippen LogP) is 3.01. The van der Waals surface area contributed by atoms with Gasteiger partial charge in [-0.1, -0.05) is 42.4 Å². The highest BCUT2D eigenvalue weighted by atomic mass is 19.1. The maximum atomic E-state index is 13.2. The number of carbonyl (C=O) groups excluding carboxylic acids is 1. The summed E-state index contributed by atoms with van der Waals surface area (Å²) in [5.74, 6) is -0.802. The molecule has 32 heavy (non-hydrogen) atoms. The summed E-state index contributed by atoms with van der Waals surface area (Å²) in [6, 6.07) is 18.5. The smallest absolute Gasteiger partial charge is 0.316 e. The van der Waals surface area contributed by atoms with Crippen molar-refractivity contribution in [2.24, 2.45) is 0 Å². The van der Waals surface area contributed by atoms with Crippen molar-refractivity contribution < 1.29 is 13.7 Å². The number of amides is 1. The van der Waals surface area contributed by atoms with E-state index in [4.69, 9.17) is 4.52 Å². The molecule has 9 heteroatoms. The first kappa shape index (κ1) is 21.1. The molecule has 0 aliphatic heterocycles. The molecule has 0 saturated carbocycles. The molecule has 1 unspecified atom stereocenters. The second kappa shape index (κ2) is 9.34. The largest absolute Gasteiger partial charge is 0.347 e. The molecule has 162 valence electrons. The average Bonchev–Trinajstić information content (AvgIpc) is 3.28. The summed E-state index contributed by atoms with van der Waals surface area (Å²) in [5.41, 5.74) is 1.87. The Hall–Kier alpha value is -4.14. The van der Waals surface area contributed by atoms with Crippen molar-refractivity contribution in [3.8, 4) is 11.3 Å². The van der Waals surface area contributed by atoms with Gasteiger partial charge in [0.05, 0.1) is 5.69 Å². The minimum absolute atomic E-state index is 0.0783. The standard InChI is InChI=1S/C23H20FN5O3/c1-15(16-5-3-2-4-6-16)13-25-22(31)23-26-20(28-32-23)14-29-21(30)12-11-19(27-29)17-7-9-18(24)10-8-17/h2-12,15H,13-14H2,1H3,(H,25,31). The number of aromatic nitrogens is 4. The van der Waals surface area contributed by atoms with E-state index in [1.54, 1.807) is 18.2 Å². The number of rotatable bonds is 7. The van der Waals surface area contributed by atoms with Crippen LogP contribution in [0.4, 0.5) is 4.39 Å². The highest BCUT2D eigenvalue weighted by Gasteiger charge is 2.17. The monoisotopic (exact) mass is 433 g/mol. The first-order chi connectivity index (χ1) is 15.5. The second-order valence-corrected chi connectivity index (χ2v) is 7.26. The van der Waals surface area contributed by atoms with Crippen molar-refractivity contribution in [3.63, 3.8) is 0 Å². The van der Waals surface area contributed by atoms with E-state index < -0.39 is 5.91 Å². The molecule has 1 amide bonds. The van der Waals surface area contributed by atoms with Gasteiger partial charge in [0.15, 0.2) is 5.82 Å². The fraction of sp³-hybridized carbons (Fsp3) is 0.174. The Morgan fingerprint density at radius 3 is 2.59 bits per heavy atom. The van der Waals surface area contributed by atoms with Crippen LogP contribution >= 0.6 is 0 Å². The van der Waals surface area contributed by atoms with Gasteiger partial charge in [0.1, 0.15) is 12.4 Å². The average molecular weight is 433 g/mol. The first-order valence-corrected chi connectivity index (χ1v) is 9.99. The molecule has 2 heterocycles. The van der Waals surface area contributed by atoms with Crippen LogP contribution in [0.1, 0.15) is 34.9 Å². The molecule has 0 fully saturated rings. The van der Waals surface area contributed by atoms with Crippen LogP contribution in [0.25, 0.3) is 11.3 Å². The Labute approximate surface area is 182 Å². The minimum Gasteiger partial charge on any atom is -0.347 e. The Kier molecular flexibility index (Phi) is 6.16. The summed E-state index contributed by atoms with van der Waals surface area (Å²) in [6.07, 6.45) is 0. The molecule has 2 aromatic carbocycles. The fourth-order valence-corrected chi connectivity index (χ4v) is 3.10. The van der Waals surface area contributed by atoms with Crippen LogP contribution in [-0.2, 0) is 6.54 Å². The van der Waals surface area contributed by atoms with E-state index in [0.717, 1.165) is 10.2 Å². The van der Waals surface area contributed by atoms with Gasteiger partial charge >= 0.3 is 11.8 Å². The van der Waals surface area contributed by atoms with E-state index in [9.17, 15) is 14.0 Å². The number of halogens is 1. The molecule has 0 spiro atoms. The Morgan fingerprint density at radius 2 is 1.84 bits per heavy atom. The van der Waals surface area contributed by atoms with E-state index >= 15 is 0 Å².